The van der Waals surface area contributed by atoms with Crippen molar-refractivity contribution in [1.82, 2.24) is 4.90 Å². The molecule has 1 aromatic rings. The highest BCUT2D eigenvalue weighted by Gasteiger charge is 2.54. The molecule has 0 bridgehead atoms. The Morgan fingerprint density at radius 1 is 1.42 bits per heavy atom. The molecule has 132 valence electrons. The summed E-state index contributed by atoms with van der Waals surface area (Å²) >= 11 is 0. The number of ether oxygens (including phenoxy) is 2. The van der Waals surface area contributed by atoms with Crippen molar-refractivity contribution in [2.24, 2.45) is 11.3 Å². The minimum absolute atomic E-state index is 0.0955. The number of aliphatic carboxylic acids is 1. The summed E-state index contributed by atoms with van der Waals surface area (Å²) < 4.78 is 11.2. The largest absolute Gasteiger partial charge is 0.493 e. The summed E-state index contributed by atoms with van der Waals surface area (Å²) in [6, 6.07) is 5.99. The van der Waals surface area contributed by atoms with E-state index in [1.165, 1.54) is 0 Å². The second-order valence-electron chi connectivity index (χ2n) is 7.37. The first-order valence-electron chi connectivity index (χ1n) is 8.74. The van der Waals surface area contributed by atoms with Crippen molar-refractivity contribution >= 4 is 5.97 Å². The number of rotatable bonds is 6. The molecule has 0 radical (unpaired) electrons. The van der Waals surface area contributed by atoms with E-state index in [9.17, 15) is 9.90 Å². The highest BCUT2D eigenvalue weighted by Crippen LogP contribution is 2.49. The van der Waals surface area contributed by atoms with Gasteiger partial charge in [0.15, 0.2) is 11.5 Å². The molecule has 0 unspecified atom stereocenters. The Bertz CT molecular complexity index is 615. The molecule has 0 spiro atoms. The standard InChI is InChI=1S/C19H27NO4/c1-13(2)24-16-7-6-14(9-17(16)23-3)10-20-11-15-5-4-8-19(15,12-20)18(21)22/h6-7,9,13,15H,4-5,8,10-12H2,1-3H3,(H,21,22)/t15-,19+/m0/s1. The van der Waals surface area contributed by atoms with Crippen molar-refractivity contribution in [3.05, 3.63) is 23.8 Å². The molecule has 2 atom stereocenters. The number of nitrogens with zero attached hydrogens (tertiary/aromatic N) is 1. The first-order chi connectivity index (χ1) is 11.4. The molecule has 0 aromatic heterocycles. The summed E-state index contributed by atoms with van der Waals surface area (Å²) in [6.07, 6.45) is 2.99. The summed E-state index contributed by atoms with van der Waals surface area (Å²) in [5.74, 6) is 1.15. The number of hydrogen-bond donors (Lipinski definition) is 1. The highest BCUT2D eigenvalue weighted by molar-refractivity contribution is 5.76. The van der Waals surface area contributed by atoms with Crippen LogP contribution in [-0.2, 0) is 11.3 Å². The number of carboxylic acid groups (broad SMARTS) is 1. The number of carbonyl (C=O) groups is 1. The van der Waals surface area contributed by atoms with Gasteiger partial charge in [-0.3, -0.25) is 9.69 Å². The lowest BCUT2D eigenvalue weighted by Crippen LogP contribution is -2.35. The van der Waals surface area contributed by atoms with E-state index >= 15 is 0 Å². The molecule has 2 aliphatic rings. The van der Waals surface area contributed by atoms with Gasteiger partial charge in [0, 0.05) is 19.6 Å². The van der Waals surface area contributed by atoms with Crippen LogP contribution in [0.2, 0.25) is 0 Å². The van der Waals surface area contributed by atoms with Crippen LogP contribution in [0.15, 0.2) is 18.2 Å². The Hall–Kier alpha value is -1.75. The van der Waals surface area contributed by atoms with Crippen molar-refractivity contribution in [1.29, 1.82) is 0 Å². The molecule has 5 nitrogen and oxygen atoms in total. The molecular weight excluding hydrogens is 306 g/mol. The molecule has 1 saturated heterocycles. The fourth-order valence-electron chi connectivity index (χ4n) is 4.28. The zero-order valence-corrected chi connectivity index (χ0v) is 14.7. The molecule has 0 amide bonds. The molecule has 1 aliphatic heterocycles. The molecule has 1 N–H and O–H groups in total. The maximum atomic E-state index is 11.8. The average molecular weight is 333 g/mol. The van der Waals surface area contributed by atoms with E-state index in [-0.39, 0.29) is 6.10 Å². The van der Waals surface area contributed by atoms with Gasteiger partial charge in [0.2, 0.25) is 0 Å². The molecule has 1 saturated carbocycles. The molecule has 3 rings (SSSR count). The van der Waals surface area contributed by atoms with Gasteiger partial charge < -0.3 is 14.6 Å². The minimum Gasteiger partial charge on any atom is -0.493 e. The quantitative estimate of drug-likeness (QED) is 0.866. The van der Waals surface area contributed by atoms with Crippen LogP contribution in [0.1, 0.15) is 38.7 Å². The first-order valence-corrected chi connectivity index (χ1v) is 8.74. The van der Waals surface area contributed by atoms with Crippen molar-refractivity contribution < 1.29 is 19.4 Å². The van der Waals surface area contributed by atoms with Gasteiger partial charge >= 0.3 is 5.97 Å². The summed E-state index contributed by atoms with van der Waals surface area (Å²) in [5.41, 5.74) is 0.605. The van der Waals surface area contributed by atoms with Gasteiger partial charge in [-0.25, -0.2) is 0 Å². The van der Waals surface area contributed by atoms with E-state index in [4.69, 9.17) is 9.47 Å². The predicted octanol–water partition coefficient (Wildman–Crippen LogP) is 3.17. The van der Waals surface area contributed by atoms with Crippen LogP contribution in [0.3, 0.4) is 0 Å². The van der Waals surface area contributed by atoms with Crippen molar-refractivity contribution in [3.63, 3.8) is 0 Å². The van der Waals surface area contributed by atoms with Gasteiger partial charge in [-0.15, -0.1) is 0 Å². The van der Waals surface area contributed by atoms with Gasteiger partial charge in [0.05, 0.1) is 18.6 Å². The van der Waals surface area contributed by atoms with Crippen molar-refractivity contribution in [2.75, 3.05) is 20.2 Å². The van der Waals surface area contributed by atoms with Crippen LogP contribution < -0.4 is 9.47 Å². The fourth-order valence-corrected chi connectivity index (χ4v) is 4.28. The topological polar surface area (TPSA) is 59.0 Å². The van der Waals surface area contributed by atoms with Gasteiger partial charge in [0.25, 0.3) is 0 Å². The predicted molar refractivity (Wildman–Crippen MR) is 91.4 cm³/mol. The lowest BCUT2D eigenvalue weighted by molar-refractivity contribution is -0.149. The number of likely N-dealkylation sites (tertiary alicyclic amines) is 1. The highest BCUT2D eigenvalue weighted by atomic mass is 16.5. The fraction of sp³-hybridized carbons (Fsp3) is 0.632. The summed E-state index contributed by atoms with van der Waals surface area (Å²) in [4.78, 5) is 14.1. The SMILES string of the molecule is COc1cc(CN2C[C@@H]3CCC[C@@]3(C(=O)O)C2)ccc1OC(C)C. The third-order valence-corrected chi connectivity index (χ3v) is 5.36. The van der Waals surface area contributed by atoms with Crippen LogP contribution in [0.4, 0.5) is 0 Å². The van der Waals surface area contributed by atoms with Crippen LogP contribution in [0.5, 0.6) is 11.5 Å². The molecule has 1 aliphatic carbocycles. The van der Waals surface area contributed by atoms with E-state index in [0.717, 1.165) is 49.4 Å². The van der Waals surface area contributed by atoms with E-state index in [2.05, 4.69) is 4.90 Å². The van der Waals surface area contributed by atoms with E-state index in [1.54, 1.807) is 7.11 Å². The lowest BCUT2D eigenvalue weighted by Gasteiger charge is -2.23. The lowest BCUT2D eigenvalue weighted by atomic mass is 9.81. The number of carboxylic acids is 1. The number of hydrogen-bond acceptors (Lipinski definition) is 4. The van der Waals surface area contributed by atoms with Gasteiger partial charge in [-0.05, 0) is 50.3 Å². The third-order valence-electron chi connectivity index (χ3n) is 5.36. The average Bonchev–Trinajstić information content (AvgIpc) is 3.06. The molecule has 24 heavy (non-hydrogen) atoms. The number of methoxy groups -OCH3 is 1. The zero-order chi connectivity index (χ0) is 17.3. The Balaban J connectivity index is 1.72. The summed E-state index contributed by atoms with van der Waals surface area (Å²) in [6.45, 7) is 6.26. The molecule has 1 heterocycles. The Kier molecular flexibility index (Phi) is 4.72. The second-order valence-corrected chi connectivity index (χ2v) is 7.37. The number of fused-ring (bicyclic) bond motifs is 1. The minimum atomic E-state index is -0.620. The summed E-state index contributed by atoms with van der Waals surface area (Å²) in [7, 11) is 1.64. The maximum Gasteiger partial charge on any atom is 0.311 e. The van der Waals surface area contributed by atoms with E-state index < -0.39 is 11.4 Å². The van der Waals surface area contributed by atoms with Crippen molar-refractivity contribution in [2.45, 2.75) is 45.8 Å². The first kappa shape index (κ1) is 17.1. The molecule has 1 aromatic carbocycles. The Morgan fingerprint density at radius 3 is 2.83 bits per heavy atom. The molecule has 2 fully saturated rings. The van der Waals surface area contributed by atoms with E-state index in [1.807, 2.05) is 32.0 Å². The number of benzene rings is 1. The van der Waals surface area contributed by atoms with Gasteiger partial charge in [0.1, 0.15) is 0 Å². The maximum absolute atomic E-state index is 11.8. The van der Waals surface area contributed by atoms with Crippen molar-refractivity contribution in [3.8, 4) is 11.5 Å². The van der Waals surface area contributed by atoms with Crippen LogP contribution in [0, 0.1) is 11.3 Å². The third kappa shape index (κ3) is 3.09. The zero-order valence-electron chi connectivity index (χ0n) is 14.7. The van der Waals surface area contributed by atoms with E-state index in [0.29, 0.717) is 12.5 Å². The van der Waals surface area contributed by atoms with Gasteiger partial charge in [-0.2, -0.15) is 0 Å². The molecule has 5 heteroatoms. The Morgan fingerprint density at radius 2 is 2.21 bits per heavy atom. The van der Waals surface area contributed by atoms with Crippen LogP contribution in [0.25, 0.3) is 0 Å². The smallest absolute Gasteiger partial charge is 0.311 e. The van der Waals surface area contributed by atoms with Crippen LogP contribution in [-0.4, -0.2) is 42.3 Å². The molecular formula is C19H27NO4. The normalized spacial score (nSPS) is 26.6. The van der Waals surface area contributed by atoms with Gasteiger partial charge in [-0.1, -0.05) is 12.5 Å². The second kappa shape index (κ2) is 6.63. The van der Waals surface area contributed by atoms with Crippen LogP contribution >= 0.6 is 0 Å². The monoisotopic (exact) mass is 333 g/mol. The summed E-state index contributed by atoms with van der Waals surface area (Å²) in [5, 5.41) is 9.70. The Labute approximate surface area is 143 Å².